The summed E-state index contributed by atoms with van der Waals surface area (Å²) in [4.78, 5) is 16.4. The van der Waals surface area contributed by atoms with Crippen LogP contribution in [-0.2, 0) is 17.6 Å². The highest BCUT2D eigenvalue weighted by molar-refractivity contribution is 5.73. The Morgan fingerprint density at radius 1 is 1.24 bits per heavy atom. The van der Waals surface area contributed by atoms with Crippen molar-refractivity contribution < 1.29 is 27.8 Å². The molecule has 0 radical (unpaired) electrons. The normalized spacial score (nSPS) is 19.9. The lowest BCUT2D eigenvalue weighted by Gasteiger charge is -2.47. The molecule has 9 heteroatoms. The summed E-state index contributed by atoms with van der Waals surface area (Å²) in [6.45, 7) is 7.86. The Morgan fingerprint density at radius 3 is 2.59 bits per heavy atom. The molecular formula is C28H36F3N3O3. The highest BCUT2D eigenvalue weighted by atomic mass is 19.2. The molecule has 0 saturated heterocycles. The topological polar surface area (TPSA) is 83.5 Å². The Hall–Kier alpha value is -2.65. The molecule has 1 aliphatic heterocycles. The Balaban J connectivity index is 1.52. The number of aromatic nitrogens is 1. The molecule has 2 heterocycles. The van der Waals surface area contributed by atoms with Gasteiger partial charge in [0.25, 0.3) is 0 Å². The van der Waals surface area contributed by atoms with Crippen LogP contribution in [0.15, 0.2) is 24.4 Å². The number of aliphatic hydroxyl groups is 1. The quantitative estimate of drug-likeness (QED) is 0.447. The lowest BCUT2D eigenvalue weighted by Crippen LogP contribution is -2.52. The maximum atomic E-state index is 14.3. The van der Waals surface area contributed by atoms with E-state index in [0.717, 1.165) is 55.4 Å². The van der Waals surface area contributed by atoms with E-state index in [1.54, 1.807) is 0 Å². The number of hydrogen-bond donors (Lipinski definition) is 3. The first kappa shape index (κ1) is 27.4. The molecule has 1 aromatic heterocycles. The lowest BCUT2D eigenvalue weighted by atomic mass is 9.73. The van der Waals surface area contributed by atoms with Gasteiger partial charge in [-0.05, 0) is 60.8 Å². The predicted octanol–water partition coefficient (Wildman–Crippen LogP) is 4.53. The fraction of sp³-hybridized carbons (Fsp3) is 0.571. The van der Waals surface area contributed by atoms with Crippen molar-refractivity contribution in [3.63, 3.8) is 0 Å². The van der Waals surface area contributed by atoms with Crippen molar-refractivity contribution in [3.05, 3.63) is 58.5 Å². The average molecular weight is 520 g/mol. The van der Waals surface area contributed by atoms with Crippen molar-refractivity contribution in [2.75, 3.05) is 6.54 Å². The zero-order chi connectivity index (χ0) is 27.0. The van der Waals surface area contributed by atoms with Gasteiger partial charge in [-0.1, -0.05) is 26.8 Å². The fourth-order valence-corrected chi connectivity index (χ4v) is 5.26. The number of amides is 1. The van der Waals surface area contributed by atoms with E-state index in [4.69, 9.17) is 4.74 Å². The summed E-state index contributed by atoms with van der Waals surface area (Å²) in [6.07, 6.45) is 5.05. The van der Waals surface area contributed by atoms with Gasteiger partial charge >= 0.3 is 0 Å². The number of ether oxygens (including phenoxy) is 1. The number of carbonyl (C=O) groups excluding carboxylic acids is 1. The third-order valence-electron chi connectivity index (χ3n) is 7.18. The van der Waals surface area contributed by atoms with Gasteiger partial charge in [0.2, 0.25) is 11.8 Å². The zero-order valence-electron chi connectivity index (χ0n) is 21.8. The molecule has 0 unspecified atom stereocenters. The maximum absolute atomic E-state index is 14.3. The van der Waals surface area contributed by atoms with E-state index in [1.807, 2.05) is 6.20 Å². The van der Waals surface area contributed by atoms with E-state index in [2.05, 4.69) is 42.5 Å². The van der Waals surface area contributed by atoms with Crippen molar-refractivity contribution in [3.8, 4) is 5.88 Å². The minimum atomic E-state index is -1.57. The Kier molecular flexibility index (Phi) is 7.85. The van der Waals surface area contributed by atoms with Crippen molar-refractivity contribution in [2.24, 2.45) is 5.41 Å². The number of rotatable bonds is 8. The monoisotopic (exact) mass is 519 g/mol. The van der Waals surface area contributed by atoms with E-state index in [-0.39, 0.29) is 35.6 Å². The van der Waals surface area contributed by atoms with Gasteiger partial charge < -0.3 is 20.5 Å². The van der Waals surface area contributed by atoms with Gasteiger partial charge in [0.05, 0.1) is 12.1 Å². The molecule has 1 fully saturated rings. The van der Waals surface area contributed by atoms with Crippen molar-refractivity contribution in [1.29, 1.82) is 0 Å². The molecule has 1 aromatic carbocycles. The summed E-state index contributed by atoms with van der Waals surface area (Å²) in [5.41, 5.74) is 1.70. The number of benzene rings is 1. The number of hydrogen-bond acceptors (Lipinski definition) is 5. The maximum Gasteiger partial charge on any atom is 0.218 e. The van der Waals surface area contributed by atoms with E-state index in [1.165, 1.54) is 6.92 Å². The predicted molar refractivity (Wildman–Crippen MR) is 134 cm³/mol. The fourth-order valence-electron chi connectivity index (χ4n) is 5.26. The summed E-state index contributed by atoms with van der Waals surface area (Å²) in [5, 5.41) is 17.0. The zero-order valence-corrected chi connectivity index (χ0v) is 21.8. The first-order valence-electron chi connectivity index (χ1n) is 12.8. The molecule has 3 atom stereocenters. The number of fused-ring (bicyclic) bond motifs is 1. The van der Waals surface area contributed by atoms with Crippen LogP contribution in [0.25, 0.3) is 0 Å². The number of nitrogens with zero attached hydrogens (tertiary/aromatic N) is 1. The minimum absolute atomic E-state index is 0.0833. The van der Waals surface area contributed by atoms with Crippen LogP contribution >= 0.6 is 0 Å². The number of halogens is 3. The second-order valence-electron chi connectivity index (χ2n) is 11.7. The molecule has 3 N–H and O–H groups in total. The van der Waals surface area contributed by atoms with Gasteiger partial charge in [-0.25, -0.2) is 18.2 Å². The summed E-state index contributed by atoms with van der Waals surface area (Å²) < 4.78 is 47.7. The summed E-state index contributed by atoms with van der Waals surface area (Å²) >= 11 is 0. The van der Waals surface area contributed by atoms with Crippen LogP contribution in [0.5, 0.6) is 5.88 Å². The molecule has 4 rings (SSSR count). The Bertz CT molecular complexity index is 1150. The standard InChI is InChI=1S/C28H36F3N3O3/c1-16(35)34-21(11-18-6-7-20(29)25(31)24(18)30)23(36)15-32-22-13-28(8-5-9-28)37-26-19(22)10-17(14-33-26)12-27(2,3)4/h6-7,10,14,21-23,32,36H,5,8-9,11-13,15H2,1-4H3,(H,34,35)/t21-,22-,23-/m0/s1. The van der Waals surface area contributed by atoms with Gasteiger partial charge in [0.15, 0.2) is 17.5 Å². The van der Waals surface area contributed by atoms with Crippen molar-refractivity contribution in [1.82, 2.24) is 15.6 Å². The van der Waals surface area contributed by atoms with Crippen LogP contribution in [0, 0.1) is 22.9 Å². The summed E-state index contributed by atoms with van der Waals surface area (Å²) in [6, 6.07) is 3.02. The molecule has 0 bridgehead atoms. The SMILES string of the molecule is CC(=O)N[C@@H](Cc1ccc(F)c(F)c1F)[C@@H](O)CN[C@H]1CC2(CCC2)Oc2ncc(CC(C)(C)C)cc21. The van der Waals surface area contributed by atoms with Crippen molar-refractivity contribution in [2.45, 2.75) is 90.0 Å². The third-order valence-corrected chi connectivity index (χ3v) is 7.18. The molecule has 6 nitrogen and oxygen atoms in total. The van der Waals surface area contributed by atoms with Crippen LogP contribution < -0.4 is 15.4 Å². The number of carbonyl (C=O) groups is 1. The molecule has 202 valence electrons. The van der Waals surface area contributed by atoms with Gasteiger partial charge in [-0.3, -0.25) is 4.79 Å². The van der Waals surface area contributed by atoms with E-state index < -0.39 is 35.5 Å². The highest BCUT2D eigenvalue weighted by Crippen LogP contribution is 2.48. The van der Waals surface area contributed by atoms with Crippen LogP contribution in [0.4, 0.5) is 13.2 Å². The van der Waals surface area contributed by atoms with E-state index in [9.17, 15) is 23.1 Å². The van der Waals surface area contributed by atoms with E-state index in [0.29, 0.717) is 5.88 Å². The molecular weight excluding hydrogens is 483 g/mol. The van der Waals surface area contributed by atoms with Gasteiger partial charge in [0.1, 0.15) is 5.60 Å². The molecule has 37 heavy (non-hydrogen) atoms. The second kappa shape index (κ2) is 10.6. The molecule has 2 aliphatic rings. The largest absolute Gasteiger partial charge is 0.471 e. The van der Waals surface area contributed by atoms with Gasteiger partial charge in [-0.2, -0.15) is 0 Å². The first-order chi connectivity index (χ1) is 17.4. The Morgan fingerprint density at radius 2 is 1.97 bits per heavy atom. The highest BCUT2D eigenvalue weighted by Gasteiger charge is 2.46. The van der Waals surface area contributed by atoms with Crippen LogP contribution in [0.3, 0.4) is 0 Å². The first-order valence-corrected chi connectivity index (χ1v) is 12.8. The van der Waals surface area contributed by atoms with Crippen LogP contribution in [0.1, 0.15) is 76.1 Å². The number of nitrogens with one attached hydrogen (secondary N) is 2. The van der Waals surface area contributed by atoms with Crippen LogP contribution in [0.2, 0.25) is 0 Å². The Labute approximate surface area is 216 Å². The second-order valence-corrected chi connectivity index (χ2v) is 11.7. The van der Waals surface area contributed by atoms with E-state index >= 15 is 0 Å². The molecule has 2 aromatic rings. The molecule has 1 aliphatic carbocycles. The summed E-state index contributed by atoms with van der Waals surface area (Å²) in [7, 11) is 0. The number of pyridine rings is 1. The average Bonchev–Trinajstić information content (AvgIpc) is 2.79. The molecule has 1 saturated carbocycles. The molecule has 1 amide bonds. The number of aliphatic hydroxyl groups excluding tert-OH is 1. The third kappa shape index (κ3) is 6.44. The summed E-state index contributed by atoms with van der Waals surface area (Å²) in [5.74, 6) is -4.01. The minimum Gasteiger partial charge on any atom is -0.471 e. The van der Waals surface area contributed by atoms with Gasteiger partial charge in [-0.15, -0.1) is 0 Å². The van der Waals surface area contributed by atoms with Crippen molar-refractivity contribution >= 4 is 5.91 Å². The lowest BCUT2D eigenvalue weighted by molar-refractivity contribution is -0.120. The smallest absolute Gasteiger partial charge is 0.218 e. The molecule has 1 spiro atoms. The van der Waals surface area contributed by atoms with Crippen LogP contribution in [-0.4, -0.2) is 40.3 Å². The van der Waals surface area contributed by atoms with Gasteiger partial charge in [0, 0.05) is 37.7 Å².